The van der Waals surface area contributed by atoms with E-state index in [1.165, 1.54) is 0 Å². The summed E-state index contributed by atoms with van der Waals surface area (Å²) in [6, 6.07) is 15.8. The van der Waals surface area contributed by atoms with Gasteiger partial charge in [-0.2, -0.15) is 9.50 Å². The normalized spacial score (nSPS) is 11.2. The molecule has 0 aliphatic rings. The zero-order valence-corrected chi connectivity index (χ0v) is 13.3. The Morgan fingerprint density at radius 3 is 2.70 bits per heavy atom. The number of hydrogen-bond donors (Lipinski definition) is 0. The number of furan rings is 1. The number of aromatic nitrogens is 4. The molecule has 0 unspecified atom stereocenters. The number of thioether (sulfide) groups is 1. The Balaban J connectivity index is 1.97. The van der Waals surface area contributed by atoms with E-state index in [0.717, 1.165) is 33.6 Å². The first-order valence-corrected chi connectivity index (χ1v) is 8.33. The van der Waals surface area contributed by atoms with Crippen LogP contribution in [-0.4, -0.2) is 25.3 Å². The summed E-state index contributed by atoms with van der Waals surface area (Å²) in [5, 5.41) is 5.31. The third kappa shape index (κ3) is 2.61. The first kappa shape index (κ1) is 14.0. The number of fused-ring (bicyclic) bond motifs is 1. The van der Waals surface area contributed by atoms with Crippen LogP contribution in [0.2, 0.25) is 0 Å². The molecule has 3 aromatic heterocycles. The molecule has 4 aromatic rings. The van der Waals surface area contributed by atoms with Crippen molar-refractivity contribution in [2.24, 2.45) is 0 Å². The molecule has 0 N–H and O–H groups in total. The summed E-state index contributed by atoms with van der Waals surface area (Å²) in [4.78, 5) is 9.11. The summed E-state index contributed by atoms with van der Waals surface area (Å²) in [6.07, 6.45) is 1.64. The molecule has 0 fully saturated rings. The molecule has 0 spiro atoms. The molecular weight excluding hydrogens is 308 g/mol. The first-order valence-electron chi connectivity index (χ1n) is 7.35. The minimum absolute atomic E-state index is 0.578. The Hall–Kier alpha value is -2.60. The van der Waals surface area contributed by atoms with Crippen LogP contribution in [0, 0.1) is 0 Å². The number of nitrogens with zero attached hydrogens (tertiary/aromatic N) is 4. The molecule has 0 saturated carbocycles. The summed E-state index contributed by atoms with van der Waals surface area (Å²) >= 11 is 1.60. The number of benzene rings is 1. The van der Waals surface area contributed by atoms with Crippen LogP contribution in [0.1, 0.15) is 6.92 Å². The highest BCUT2D eigenvalue weighted by Gasteiger charge is 2.14. The number of hydrogen-bond acceptors (Lipinski definition) is 5. The third-order valence-electron chi connectivity index (χ3n) is 3.41. The maximum absolute atomic E-state index is 5.49. The molecule has 0 bridgehead atoms. The molecular formula is C17H14N4OS. The van der Waals surface area contributed by atoms with Crippen LogP contribution in [0.3, 0.4) is 0 Å². The topological polar surface area (TPSA) is 56.2 Å². The van der Waals surface area contributed by atoms with E-state index in [1.54, 1.807) is 22.5 Å². The molecule has 0 saturated heterocycles. The summed E-state index contributed by atoms with van der Waals surface area (Å²) in [5.74, 6) is 2.22. The lowest BCUT2D eigenvalue weighted by molar-refractivity contribution is 0.580. The van der Waals surface area contributed by atoms with Gasteiger partial charge in [-0.1, -0.05) is 49.0 Å². The molecule has 0 amide bonds. The monoisotopic (exact) mass is 322 g/mol. The zero-order chi connectivity index (χ0) is 15.6. The fourth-order valence-electron chi connectivity index (χ4n) is 2.41. The highest BCUT2D eigenvalue weighted by molar-refractivity contribution is 7.99. The Bertz CT molecular complexity index is 932. The maximum Gasteiger partial charge on any atom is 0.254 e. The summed E-state index contributed by atoms with van der Waals surface area (Å²) in [7, 11) is 0. The van der Waals surface area contributed by atoms with E-state index in [4.69, 9.17) is 4.42 Å². The van der Waals surface area contributed by atoms with Crippen molar-refractivity contribution in [2.75, 3.05) is 5.75 Å². The van der Waals surface area contributed by atoms with Crippen molar-refractivity contribution in [1.82, 2.24) is 19.6 Å². The SMILES string of the molecule is CCSc1nc2nc(-c3ccco3)cc(-c3ccccc3)n2n1. The van der Waals surface area contributed by atoms with Gasteiger partial charge in [-0.25, -0.2) is 4.98 Å². The lowest BCUT2D eigenvalue weighted by Gasteiger charge is -2.06. The first-order chi connectivity index (χ1) is 11.3. The Morgan fingerprint density at radius 1 is 1.09 bits per heavy atom. The van der Waals surface area contributed by atoms with Gasteiger partial charge in [0.05, 0.1) is 12.0 Å². The van der Waals surface area contributed by atoms with E-state index in [0.29, 0.717) is 5.78 Å². The van der Waals surface area contributed by atoms with Crippen molar-refractivity contribution >= 4 is 17.5 Å². The molecule has 0 aliphatic heterocycles. The predicted molar refractivity (Wildman–Crippen MR) is 90.3 cm³/mol. The molecule has 0 radical (unpaired) electrons. The molecule has 23 heavy (non-hydrogen) atoms. The van der Waals surface area contributed by atoms with Gasteiger partial charge in [0.15, 0.2) is 5.76 Å². The molecule has 3 heterocycles. The molecule has 0 aliphatic carbocycles. The van der Waals surface area contributed by atoms with Crippen LogP contribution in [0.4, 0.5) is 0 Å². The second-order valence-corrected chi connectivity index (χ2v) is 6.14. The second kappa shape index (κ2) is 5.89. The van der Waals surface area contributed by atoms with Gasteiger partial charge >= 0.3 is 0 Å². The van der Waals surface area contributed by atoms with Gasteiger partial charge in [-0.15, -0.1) is 5.10 Å². The standard InChI is InChI=1S/C17H14N4OS/c1-2-23-17-19-16-18-13(15-9-6-10-22-15)11-14(21(16)20-17)12-7-4-3-5-8-12/h3-11H,2H2,1H3. The van der Waals surface area contributed by atoms with Crippen molar-refractivity contribution < 1.29 is 4.42 Å². The van der Waals surface area contributed by atoms with E-state index in [9.17, 15) is 0 Å². The van der Waals surface area contributed by atoms with E-state index in [1.807, 2.05) is 36.4 Å². The van der Waals surface area contributed by atoms with E-state index in [-0.39, 0.29) is 0 Å². The lowest BCUT2D eigenvalue weighted by atomic mass is 10.1. The van der Waals surface area contributed by atoms with Crippen molar-refractivity contribution in [1.29, 1.82) is 0 Å². The average Bonchev–Trinajstić information content (AvgIpc) is 3.24. The van der Waals surface area contributed by atoms with Crippen LogP contribution in [-0.2, 0) is 0 Å². The molecule has 6 heteroatoms. The van der Waals surface area contributed by atoms with Gasteiger partial charge < -0.3 is 4.42 Å². The van der Waals surface area contributed by atoms with Crippen LogP contribution < -0.4 is 0 Å². The van der Waals surface area contributed by atoms with E-state index >= 15 is 0 Å². The fourth-order valence-corrected chi connectivity index (χ4v) is 2.95. The summed E-state index contributed by atoms with van der Waals surface area (Å²) in [5.41, 5.74) is 2.75. The molecule has 4 rings (SSSR count). The van der Waals surface area contributed by atoms with Crippen molar-refractivity contribution in [3.8, 4) is 22.7 Å². The zero-order valence-electron chi connectivity index (χ0n) is 12.5. The molecule has 0 atom stereocenters. The number of rotatable bonds is 4. The van der Waals surface area contributed by atoms with Crippen molar-refractivity contribution in [2.45, 2.75) is 12.1 Å². The van der Waals surface area contributed by atoms with Crippen LogP contribution in [0.15, 0.2) is 64.4 Å². The Labute approximate surface area is 137 Å². The van der Waals surface area contributed by atoms with Crippen LogP contribution >= 0.6 is 11.8 Å². The highest BCUT2D eigenvalue weighted by Crippen LogP contribution is 2.27. The predicted octanol–water partition coefficient (Wildman–Crippen LogP) is 4.16. The van der Waals surface area contributed by atoms with Gasteiger partial charge in [0.2, 0.25) is 5.16 Å². The van der Waals surface area contributed by atoms with Gasteiger partial charge in [-0.05, 0) is 24.0 Å². The van der Waals surface area contributed by atoms with Crippen molar-refractivity contribution in [3.05, 3.63) is 54.8 Å². The van der Waals surface area contributed by atoms with Gasteiger partial charge in [0.1, 0.15) is 5.69 Å². The average molecular weight is 322 g/mol. The molecule has 5 nitrogen and oxygen atoms in total. The third-order valence-corrected chi connectivity index (χ3v) is 4.13. The van der Waals surface area contributed by atoms with Crippen LogP contribution in [0.5, 0.6) is 0 Å². The minimum atomic E-state index is 0.578. The maximum atomic E-state index is 5.49. The summed E-state index contributed by atoms with van der Waals surface area (Å²) < 4.78 is 7.28. The molecule has 114 valence electrons. The van der Waals surface area contributed by atoms with E-state index < -0.39 is 0 Å². The largest absolute Gasteiger partial charge is 0.463 e. The van der Waals surface area contributed by atoms with Gasteiger partial charge in [0, 0.05) is 5.56 Å². The van der Waals surface area contributed by atoms with Gasteiger partial charge in [-0.3, -0.25) is 0 Å². The van der Waals surface area contributed by atoms with E-state index in [2.05, 4.69) is 34.1 Å². The second-order valence-electron chi connectivity index (χ2n) is 4.91. The minimum Gasteiger partial charge on any atom is -0.463 e. The Kier molecular flexibility index (Phi) is 3.59. The molecule has 1 aromatic carbocycles. The fraction of sp³-hybridized carbons (Fsp3) is 0.118. The Morgan fingerprint density at radius 2 is 1.96 bits per heavy atom. The van der Waals surface area contributed by atoms with Crippen molar-refractivity contribution in [3.63, 3.8) is 0 Å². The quantitative estimate of drug-likeness (QED) is 0.528. The van der Waals surface area contributed by atoms with Gasteiger partial charge in [0.25, 0.3) is 5.78 Å². The van der Waals surface area contributed by atoms with Crippen LogP contribution in [0.25, 0.3) is 28.5 Å². The summed E-state index contributed by atoms with van der Waals surface area (Å²) in [6.45, 7) is 2.08. The lowest BCUT2D eigenvalue weighted by Crippen LogP contribution is -1.98. The smallest absolute Gasteiger partial charge is 0.254 e. The highest BCUT2D eigenvalue weighted by atomic mass is 32.2.